The molecule has 4 N–H and O–H groups in total. The zero-order chi connectivity index (χ0) is 15.3. The van der Waals surface area contributed by atoms with Crippen LogP contribution in [0.3, 0.4) is 0 Å². The van der Waals surface area contributed by atoms with Gasteiger partial charge in [0.15, 0.2) is 6.10 Å². The molecule has 0 saturated heterocycles. The zero-order valence-corrected chi connectivity index (χ0v) is 11.1. The molecule has 0 fully saturated rings. The van der Waals surface area contributed by atoms with Gasteiger partial charge < -0.3 is 25.4 Å². The van der Waals surface area contributed by atoms with Crippen molar-refractivity contribution in [1.82, 2.24) is 4.98 Å². The number of aliphatic hydroxyl groups excluding tert-OH is 2. The molecule has 110 valence electrons. The highest BCUT2D eigenvalue weighted by atomic mass is 16.5. The summed E-state index contributed by atoms with van der Waals surface area (Å²) in [5, 5.41) is 19.5. The largest absolute Gasteiger partial charge is 0.465 e. The van der Waals surface area contributed by atoms with Crippen molar-refractivity contribution in [2.75, 3.05) is 19.5 Å². The average molecular weight is 284 g/mol. The van der Waals surface area contributed by atoms with Crippen molar-refractivity contribution >= 4 is 17.8 Å². The fourth-order valence-electron chi connectivity index (χ4n) is 1.47. The monoisotopic (exact) mass is 284 g/mol. The van der Waals surface area contributed by atoms with Gasteiger partial charge in [0.05, 0.1) is 13.7 Å². The van der Waals surface area contributed by atoms with Gasteiger partial charge in [-0.3, -0.25) is 0 Å². The number of anilines is 1. The molecule has 0 saturated carbocycles. The molecule has 0 radical (unpaired) electrons. The molecule has 0 bridgehead atoms. The maximum absolute atomic E-state index is 11.4. The Balaban J connectivity index is 3.02. The third-order valence-corrected chi connectivity index (χ3v) is 2.51. The van der Waals surface area contributed by atoms with Crippen molar-refractivity contribution in [3.8, 4) is 0 Å². The molecule has 1 aromatic heterocycles. The number of aliphatic hydroxyl groups is 2. The Labute approximate surface area is 115 Å². The predicted molar refractivity (Wildman–Crippen MR) is 67.6 cm³/mol. The SMILES string of the molecule is CCOC(=O)C(O)C(O)c1cnc(N)c(C(=O)OC)c1. The molecular weight excluding hydrogens is 268 g/mol. The smallest absolute Gasteiger partial charge is 0.341 e. The number of ether oxygens (including phenoxy) is 2. The Morgan fingerprint density at radius 3 is 2.65 bits per heavy atom. The molecule has 20 heavy (non-hydrogen) atoms. The Morgan fingerprint density at radius 1 is 1.45 bits per heavy atom. The normalized spacial score (nSPS) is 13.4. The van der Waals surface area contributed by atoms with Crippen molar-refractivity contribution in [2.45, 2.75) is 19.1 Å². The number of hydrogen-bond donors (Lipinski definition) is 3. The topological polar surface area (TPSA) is 132 Å². The van der Waals surface area contributed by atoms with Gasteiger partial charge in [0.1, 0.15) is 17.5 Å². The van der Waals surface area contributed by atoms with Crippen LogP contribution in [0.4, 0.5) is 5.82 Å². The summed E-state index contributed by atoms with van der Waals surface area (Å²) in [6, 6.07) is 1.20. The minimum absolute atomic E-state index is 0.0418. The molecule has 8 nitrogen and oxygen atoms in total. The van der Waals surface area contributed by atoms with Crippen LogP contribution in [0.1, 0.15) is 28.9 Å². The van der Waals surface area contributed by atoms with Gasteiger partial charge in [-0.25, -0.2) is 14.6 Å². The molecule has 0 aliphatic carbocycles. The van der Waals surface area contributed by atoms with Gasteiger partial charge in [-0.15, -0.1) is 0 Å². The highest BCUT2D eigenvalue weighted by Crippen LogP contribution is 2.21. The van der Waals surface area contributed by atoms with E-state index in [0.717, 1.165) is 6.20 Å². The summed E-state index contributed by atoms with van der Waals surface area (Å²) >= 11 is 0. The van der Waals surface area contributed by atoms with Crippen LogP contribution in [0, 0.1) is 0 Å². The van der Waals surface area contributed by atoms with Crippen molar-refractivity contribution in [2.24, 2.45) is 0 Å². The zero-order valence-electron chi connectivity index (χ0n) is 11.1. The highest BCUT2D eigenvalue weighted by Gasteiger charge is 2.28. The number of nitrogens with zero attached hydrogens (tertiary/aromatic N) is 1. The van der Waals surface area contributed by atoms with Crippen LogP contribution >= 0.6 is 0 Å². The van der Waals surface area contributed by atoms with E-state index >= 15 is 0 Å². The quantitative estimate of drug-likeness (QED) is 0.611. The molecular formula is C12H16N2O6. The van der Waals surface area contributed by atoms with E-state index < -0.39 is 24.1 Å². The van der Waals surface area contributed by atoms with Crippen LogP contribution in [0.5, 0.6) is 0 Å². The molecule has 0 amide bonds. The first-order valence-electron chi connectivity index (χ1n) is 5.78. The summed E-state index contributed by atoms with van der Waals surface area (Å²) in [6.45, 7) is 1.63. The summed E-state index contributed by atoms with van der Waals surface area (Å²) in [4.78, 5) is 26.5. The van der Waals surface area contributed by atoms with E-state index in [0.29, 0.717) is 0 Å². The van der Waals surface area contributed by atoms with Crippen LogP contribution in [0.2, 0.25) is 0 Å². The second-order valence-corrected chi connectivity index (χ2v) is 3.83. The van der Waals surface area contributed by atoms with Gasteiger partial charge in [-0.1, -0.05) is 0 Å². The molecule has 1 rings (SSSR count). The minimum Gasteiger partial charge on any atom is -0.465 e. The van der Waals surface area contributed by atoms with Crippen LogP contribution in [-0.2, 0) is 14.3 Å². The van der Waals surface area contributed by atoms with E-state index in [2.05, 4.69) is 14.5 Å². The summed E-state index contributed by atoms with van der Waals surface area (Å²) in [5.41, 5.74) is 5.47. The van der Waals surface area contributed by atoms with Crippen molar-refractivity contribution < 1.29 is 29.3 Å². The van der Waals surface area contributed by atoms with Crippen molar-refractivity contribution in [3.63, 3.8) is 0 Å². The van der Waals surface area contributed by atoms with E-state index in [1.807, 2.05) is 0 Å². The number of aromatic nitrogens is 1. The standard InChI is InChI=1S/C12H16N2O6/c1-3-20-12(18)9(16)8(15)6-4-7(11(17)19-2)10(13)14-5-6/h4-5,8-9,15-16H,3H2,1-2H3,(H2,13,14). The lowest BCUT2D eigenvalue weighted by molar-refractivity contribution is -0.159. The van der Waals surface area contributed by atoms with E-state index in [1.165, 1.54) is 13.2 Å². The van der Waals surface area contributed by atoms with E-state index in [4.69, 9.17) is 5.73 Å². The average Bonchev–Trinajstić information content (AvgIpc) is 2.45. The predicted octanol–water partition coefficient (Wildman–Crippen LogP) is -0.592. The first-order valence-corrected chi connectivity index (χ1v) is 5.78. The van der Waals surface area contributed by atoms with Crippen LogP contribution in [0.15, 0.2) is 12.3 Å². The first kappa shape index (κ1) is 15.9. The van der Waals surface area contributed by atoms with Crippen LogP contribution in [0.25, 0.3) is 0 Å². The number of carbonyl (C=O) groups excluding carboxylic acids is 2. The van der Waals surface area contributed by atoms with Gasteiger partial charge in [0, 0.05) is 11.8 Å². The van der Waals surface area contributed by atoms with Crippen molar-refractivity contribution in [1.29, 1.82) is 0 Å². The maximum Gasteiger partial charge on any atom is 0.341 e. The highest BCUT2D eigenvalue weighted by molar-refractivity contribution is 5.94. The molecule has 8 heteroatoms. The number of carbonyl (C=O) groups is 2. The summed E-state index contributed by atoms with van der Waals surface area (Å²) in [6.07, 6.45) is -2.23. The van der Waals surface area contributed by atoms with Gasteiger partial charge in [0.2, 0.25) is 0 Å². The van der Waals surface area contributed by atoms with Gasteiger partial charge in [0.25, 0.3) is 0 Å². The fourth-order valence-corrected chi connectivity index (χ4v) is 1.47. The molecule has 1 aromatic rings. The third kappa shape index (κ3) is 3.43. The number of esters is 2. The molecule has 0 spiro atoms. The Kier molecular flexibility index (Phi) is 5.42. The first-order chi connectivity index (χ1) is 9.42. The van der Waals surface area contributed by atoms with Crippen molar-refractivity contribution in [3.05, 3.63) is 23.4 Å². The van der Waals surface area contributed by atoms with E-state index in [-0.39, 0.29) is 23.6 Å². The molecule has 0 aliphatic heterocycles. The Morgan fingerprint density at radius 2 is 2.10 bits per heavy atom. The number of rotatable bonds is 5. The molecule has 2 atom stereocenters. The molecule has 2 unspecified atom stereocenters. The number of nitrogens with two attached hydrogens (primary N) is 1. The fraction of sp³-hybridized carbons (Fsp3) is 0.417. The molecule has 1 heterocycles. The summed E-state index contributed by atoms with van der Waals surface area (Å²) < 4.78 is 9.09. The van der Waals surface area contributed by atoms with Gasteiger partial charge in [-0.2, -0.15) is 0 Å². The molecule has 0 aromatic carbocycles. The Hall–Kier alpha value is -2.19. The maximum atomic E-state index is 11.4. The third-order valence-electron chi connectivity index (χ3n) is 2.51. The van der Waals surface area contributed by atoms with Gasteiger partial charge >= 0.3 is 11.9 Å². The van der Waals surface area contributed by atoms with Gasteiger partial charge in [-0.05, 0) is 13.0 Å². The van der Waals surface area contributed by atoms with E-state index in [1.54, 1.807) is 6.92 Å². The van der Waals surface area contributed by atoms with E-state index in [9.17, 15) is 19.8 Å². The minimum atomic E-state index is -1.79. The number of nitrogen functional groups attached to an aromatic ring is 1. The second kappa shape index (κ2) is 6.83. The summed E-state index contributed by atoms with van der Waals surface area (Å²) in [5.74, 6) is -1.80. The number of hydrogen-bond acceptors (Lipinski definition) is 8. The number of pyridine rings is 1. The lowest BCUT2D eigenvalue weighted by Gasteiger charge is -2.17. The second-order valence-electron chi connectivity index (χ2n) is 3.83. The lowest BCUT2D eigenvalue weighted by Crippen LogP contribution is -2.30. The number of methoxy groups -OCH3 is 1. The molecule has 0 aliphatic rings. The van der Waals surface area contributed by atoms with Crippen LogP contribution < -0.4 is 5.73 Å². The Bertz CT molecular complexity index is 505. The summed E-state index contributed by atoms with van der Waals surface area (Å²) in [7, 11) is 1.17. The lowest BCUT2D eigenvalue weighted by atomic mass is 10.0. The van der Waals surface area contributed by atoms with Crippen LogP contribution in [-0.4, -0.2) is 47.0 Å².